The number of carbonyl (C=O) groups excluding carboxylic acids is 1. The number of H-pyrrole nitrogens is 1. The third-order valence-corrected chi connectivity index (χ3v) is 3.23. The molecule has 0 bridgehead atoms. The van der Waals surface area contributed by atoms with E-state index in [4.69, 9.17) is 16.3 Å². The van der Waals surface area contributed by atoms with Crippen molar-refractivity contribution in [3.8, 4) is 17.0 Å². The molecule has 0 radical (unpaired) electrons. The van der Waals surface area contributed by atoms with Crippen LogP contribution in [0.3, 0.4) is 0 Å². The van der Waals surface area contributed by atoms with E-state index in [-0.39, 0.29) is 11.9 Å². The van der Waals surface area contributed by atoms with E-state index >= 15 is 0 Å². The number of nitrogens with one attached hydrogen (secondary N) is 1. The Morgan fingerprint density at radius 3 is 2.74 bits per heavy atom. The molecule has 1 heterocycles. The van der Waals surface area contributed by atoms with Gasteiger partial charge in [0, 0.05) is 5.56 Å². The normalized spacial score (nSPS) is 10.8. The van der Waals surface area contributed by atoms with Crippen LogP contribution in [0.25, 0.3) is 11.3 Å². The zero-order valence-electron chi connectivity index (χ0n) is 10.4. The van der Waals surface area contributed by atoms with Gasteiger partial charge >= 0.3 is 0 Å². The molecule has 0 saturated heterocycles. The molecule has 0 atom stereocenters. The standard InChI is InChI=1S/C13H12BrClN2O2/c1-7(2)19-10-4-3-8(5-9(10)15)12-13(14)17-11(6-18)16-12/h3-7H,1-2H3,(H,16,17). The van der Waals surface area contributed by atoms with Crippen molar-refractivity contribution in [1.29, 1.82) is 0 Å². The lowest BCUT2D eigenvalue weighted by Gasteiger charge is -2.11. The van der Waals surface area contributed by atoms with Crippen LogP contribution in [-0.4, -0.2) is 22.4 Å². The minimum absolute atomic E-state index is 0.0575. The average molecular weight is 344 g/mol. The van der Waals surface area contributed by atoms with Gasteiger partial charge in [-0.2, -0.15) is 0 Å². The summed E-state index contributed by atoms with van der Waals surface area (Å²) in [6.45, 7) is 3.87. The van der Waals surface area contributed by atoms with Crippen LogP contribution >= 0.6 is 27.5 Å². The molecule has 1 aromatic carbocycles. The predicted octanol–water partition coefficient (Wildman–Crippen LogP) is 4.09. The molecule has 0 aliphatic rings. The van der Waals surface area contributed by atoms with E-state index in [9.17, 15) is 4.79 Å². The highest BCUT2D eigenvalue weighted by Gasteiger charge is 2.12. The minimum atomic E-state index is 0.0575. The number of rotatable bonds is 4. The molecule has 0 amide bonds. The lowest BCUT2D eigenvalue weighted by molar-refractivity contribution is 0.111. The van der Waals surface area contributed by atoms with Crippen molar-refractivity contribution < 1.29 is 9.53 Å². The van der Waals surface area contributed by atoms with Gasteiger partial charge in [0.15, 0.2) is 12.1 Å². The molecule has 19 heavy (non-hydrogen) atoms. The Kier molecular flexibility index (Phi) is 4.27. The van der Waals surface area contributed by atoms with Crippen LogP contribution < -0.4 is 4.74 Å². The van der Waals surface area contributed by atoms with Gasteiger partial charge in [-0.3, -0.25) is 4.79 Å². The summed E-state index contributed by atoms with van der Waals surface area (Å²) in [5.74, 6) is 0.892. The van der Waals surface area contributed by atoms with Gasteiger partial charge < -0.3 is 9.72 Å². The molecule has 0 fully saturated rings. The van der Waals surface area contributed by atoms with E-state index in [0.29, 0.717) is 27.4 Å². The maximum absolute atomic E-state index is 10.7. The van der Waals surface area contributed by atoms with Crippen LogP contribution in [0.4, 0.5) is 0 Å². The number of imidazole rings is 1. The van der Waals surface area contributed by atoms with Gasteiger partial charge in [-0.25, -0.2) is 4.98 Å². The summed E-state index contributed by atoms with van der Waals surface area (Å²) >= 11 is 9.50. The van der Waals surface area contributed by atoms with E-state index in [0.717, 1.165) is 5.56 Å². The molecule has 0 spiro atoms. The van der Waals surface area contributed by atoms with Crippen LogP contribution in [-0.2, 0) is 0 Å². The minimum Gasteiger partial charge on any atom is -0.489 e. The van der Waals surface area contributed by atoms with Crippen LogP contribution in [0.2, 0.25) is 5.02 Å². The highest BCUT2D eigenvalue weighted by atomic mass is 79.9. The number of halogens is 2. The molecule has 0 aliphatic carbocycles. The second-order valence-corrected chi connectivity index (χ2v) is 5.41. The van der Waals surface area contributed by atoms with Crippen molar-refractivity contribution >= 4 is 33.8 Å². The van der Waals surface area contributed by atoms with E-state index in [1.165, 1.54) is 0 Å². The van der Waals surface area contributed by atoms with Gasteiger partial charge in [0.2, 0.25) is 0 Å². The van der Waals surface area contributed by atoms with Crippen LogP contribution in [0.1, 0.15) is 24.5 Å². The first-order valence-electron chi connectivity index (χ1n) is 5.68. The second-order valence-electron chi connectivity index (χ2n) is 4.21. The molecular weight excluding hydrogens is 332 g/mol. The summed E-state index contributed by atoms with van der Waals surface area (Å²) in [4.78, 5) is 17.7. The SMILES string of the molecule is CC(C)Oc1ccc(-c2nc(C=O)[nH]c2Br)cc1Cl. The summed E-state index contributed by atoms with van der Waals surface area (Å²) in [5.41, 5.74) is 1.44. The number of hydrogen-bond donors (Lipinski definition) is 1. The fourth-order valence-corrected chi connectivity index (χ4v) is 2.36. The molecular formula is C13H12BrClN2O2. The third kappa shape index (κ3) is 3.16. The molecule has 1 aromatic heterocycles. The van der Waals surface area contributed by atoms with Gasteiger partial charge in [0.05, 0.1) is 11.1 Å². The molecule has 6 heteroatoms. The zero-order valence-corrected chi connectivity index (χ0v) is 12.7. The first-order chi connectivity index (χ1) is 9.01. The summed E-state index contributed by atoms with van der Waals surface area (Å²) in [6.07, 6.45) is 0.716. The maximum Gasteiger partial charge on any atom is 0.185 e. The Bertz CT molecular complexity index is 611. The van der Waals surface area contributed by atoms with Crippen molar-refractivity contribution in [2.75, 3.05) is 0 Å². The Hall–Kier alpha value is -1.33. The van der Waals surface area contributed by atoms with E-state index in [1.54, 1.807) is 12.1 Å². The van der Waals surface area contributed by atoms with E-state index in [2.05, 4.69) is 25.9 Å². The third-order valence-electron chi connectivity index (χ3n) is 2.36. The van der Waals surface area contributed by atoms with Gasteiger partial charge in [-0.05, 0) is 48.0 Å². The number of aromatic amines is 1. The molecule has 2 rings (SSSR count). The number of hydrogen-bond acceptors (Lipinski definition) is 3. The van der Waals surface area contributed by atoms with Gasteiger partial charge in [-0.15, -0.1) is 0 Å². The van der Waals surface area contributed by atoms with Crippen LogP contribution in [0.5, 0.6) is 5.75 Å². The highest BCUT2D eigenvalue weighted by molar-refractivity contribution is 9.10. The fourth-order valence-electron chi connectivity index (χ4n) is 1.61. The Labute approximate surface area is 124 Å². The lowest BCUT2D eigenvalue weighted by atomic mass is 10.1. The van der Waals surface area contributed by atoms with Crippen molar-refractivity contribution in [3.05, 3.63) is 33.6 Å². The van der Waals surface area contributed by atoms with Gasteiger partial charge in [-0.1, -0.05) is 11.6 Å². The molecule has 0 saturated carbocycles. The second kappa shape index (κ2) is 5.75. The number of benzene rings is 1. The lowest BCUT2D eigenvalue weighted by Crippen LogP contribution is -2.05. The van der Waals surface area contributed by atoms with Crippen molar-refractivity contribution in [2.45, 2.75) is 20.0 Å². The van der Waals surface area contributed by atoms with Crippen molar-refractivity contribution in [3.63, 3.8) is 0 Å². The quantitative estimate of drug-likeness (QED) is 0.851. The average Bonchev–Trinajstić information content (AvgIpc) is 2.73. The summed E-state index contributed by atoms with van der Waals surface area (Å²) in [6, 6.07) is 5.40. The molecule has 0 aliphatic heterocycles. The van der Waals surface area contributed by atoms with Gasteiger partial charge in [0.1, 0.15) is 16.0 Å². The first-order valence-corrected chi connectivity index (χ1v) is 6.85. The van der Waals surface area contributed by atoms with E-state index in [1.807, 2.05) is 19.9 Å². The van der Waals surface area contributed by atoms with Crippen molar-refractivity contribution in [1.82, 2.24) is 9.97 Å². The monoisotopic (exact) mass is 342 g/mol. The zero-order chi connectivity index (χ0) is 14.0. The highest BCUT2D eigenvalue weighted by Crippen LogP contribution is 2.33. The summed E-state index contributed by atoms with van der Waals surface area (Å²) in [7, 11) is 0. The topological polar surface area (TPSA) is 55.0 Å². The van der Waals surface area contributed by atoms with Crippen molar-refractivity contribution in [2.24, 2.45) is 0 Å². The molecule has 4 nitrogen and oxygen atoms in total. The predicted molar refractivity (Wildman–Crippen MR) is 77.9 cm³/mol. The molecule has 1 N–H and O–H groups in total. The maximum atomic E-state index is 10.7. The molecule has 2 aromatic rings. The number of carbonyl (C=O) groups is 1. The summed E-state index contributed by atoms with van der Waals surface area (Å²) in [5, 5.41) is 0.508. The Balaban J connectivity index is 2.38. The largest absolute Gasteiger partial charge is 0.489 e. The fraction of sp³-hybridized carbons (Fsp3) is 0.231. The Morgan fingerprint density at radius 2 is 2.21 bits per heavy atom. The smallest absolute Gasteiger partial charge is 0.185 e. The number of aldehydes is 1. The van der Waals surface area contributed by atoms with Crippen LogP contribution in [0, 0.1) is 0 Å². The number of ether oxygens (including phenoxy) is 1. The van der Waals surface area contributed by atoms with E-state index < -0.39 is 0 Å². The summed E-state index contributed by atoms with van der Waals surface area (Å²) < 4.78 is 6.21. The number of nitrogens with zero attached hydrogens (tertiary/aromatic N) is 1. The Morgan fingerprint density at radius 1 is 1.47 bits per heavy atom. The molecule has 0 unspecified atom stereocenters. The van der Waals surface area contributed by atoms with Gasteiger partial charge in [0.25, 0.3) is 0 Å². The van der Waals surface area contributed by atoms with Crippen LogP contribution in [0.15, 0.2) is 22.8 Å². The first kappa shape index (κ1) is 14.1. The number of aromatic nitrogens is 2. The molecule has 100 valence electrons.